The van der Waals surface area contributed by atoms with Gasteiger partial charge in [0, 0.05) is 188 Å². The largest absolute Gasteiger partial charge is 0.494 e. The van der Waals surface area contributed by atoms with Crippen molar-refractivity contribution in [1.82, 2.24) is 139 Å². The Kier molecular flexibility index (Phi) is 35.2. The normalized spacial score (nSPS) is 13.2. The van der Waals surface area contributed by atoms with Crippen molar-refractivity contribution in [3.05, 3.63) is 263 Å². The quantitative estimate of drug-likeness (QED) is 0.0381. The number of sulfone groups is 4. The number of ether oxygens (including phenoxy) is 8. The molecule has 0 aliphatic heterocycles. The summed E-state index contributed by atoms with van der Waals surface area (Å²) >= 11 is 23.4. The second kappa shape index (κ2) is 47.5. The molecule has 8 atom stereocenters. The maximum absolute atomic E-state index is 13.6. The van der Waals surface area contributed by atoms with Crippen LogP contribution in [0, 0.1) is 0 Å². The number of aliphatic hydroxyl groups is 1. The first kappa shape index (κ1) is 107. The summed E-state index contributed by atoms with van der Waals surface area (Å²) < 4.78 is 158. The summed E-state index contributed by atoms with van der Waals surface area (Å²) in [6, 6.07) is 20.6. The molecule has 16 rings (SSSR count). The van der Waals surface area contributed by atoms with Crippen LogP contribution in [0.5, 0.6) is 46.5 Å². The summed E-state index contributed by atoms with van der Waals surface area (Å²) in [6.07, 6.45) is 28.7. The highest BCUT2D eigenvalue weighted by Crippen LogP contribution is 2.43. The molecule has 16 heterocycles. The van der Waals surface area contributed by atoms with Gasteiger partial charge < -0.3 is 43.0 Å². The second-order valence-corrected chi connectivity index (χ2v) is 42.6. The Morgan fingerprint density at radius 1 is 0.271 bits per heavy atom. The van der Waals surface area contributed by atoms with E-state index in [0.717, 1.165) is 0 Å². The van der Waals surface area contributed by atoms with E-state index in [2.05, 4.69) is 121 Å². The van der Waals surface area contributed by atoms with Crippen molar-refractivity contribution in [3.63, 3.8) is 0 Å². The van der Waals surface area contributed by atoms with Crippen molar-refractivity contribution in [2.45, 2.75) is 116 Å². The molecular weight excluding hydrogens is 2030 g/mol. The number of hydrogen-bond acceptors (Lipinski definition) is 41. The molecule has 0 aliphatic carbocycles. The van der Waals surface area contributed by atoms with Crippen LogP contribution >= 0.6 is 46.4 Å². The van der Waals surface area contributed by atoms with Crippen LogP contribution in [0.25, 0.3) is 68.3 Å². The Balaban J connectivity index is 0.000000161. The molecule has 0 radical (unpaired) electrons. The summed E-state index contributed by atoms with van der Waals surface area (Å²) in [5.74, 6) is 2.06. The van der Waals surface area contributed by atoms with Gasteiger partial charge in [0.15, 0.2) is 115 Å². The number of nitrogens with zero attached hydrogens (tertiary/aromatic N) is 28. The fourth-order valence-electron chi connectivity index (χ4n) is 14.4. The molecule has 1 N–H and O–H groups in total. The molecule has 0 fully saturated rings. The zero-order valence-electron chi connectivity index (χ0n) is 79.6. The van der Waals surface area contributed by atoms with E-state index in [4.69, 9.17) is 84.3 Å². The molecule has 752 valence electrons. The number of pyridine rings is 8. The van der Waals surface area contributed by atoms with Gasteiger partial charge in [0.25, 0.3) is 0 Å². The highest BCUT2D eigenvalue weighted by atomic mass is 35.5. The van der Waals surface area contributed by atoms with Crippen LogP contribution in [0.4, 0.5) is 0 Å². The Hall–Kier alpha value is -14.6. The van der Waals surface area contributed by atoms with Gasteiger partial charge in [-0.3, -0.25) is 38.2 Å². The third-order valence-electron chi connectivity index (χ3n) is 22.8. The molecule has 0 bridgehead atoms. The minimum absolute atomic E-state index is 0.0505. The molecule has 16 aromatic rings. The molecule has 0 unspecified atom stereocenters. The molecule has 16 aromatic heterocycles. The molecule has 0 amide bonds. The molecule has 0 saturated heterocycles. The Morgan fingerprint density at radius 2 is 0.479 bits per heavy atom. The van der Waals surface area contributed by atoms with Crippen LogP contribution < -0.4 is 37.9 Å². The van der Waals surface area contributed by atoms with Crippen LogP contribution in [0.3, 0.4) is 0 Å². The molecule has 0 aromatic carbocycles. The van der Waals surface area contributed by atoms with Gasteiger partial charge in [0.1, 0.15) is 69.6 Å². The van der Waals surface area contributed by atoms with E-state index in [1.807, 2.05) is 0 Å². The average molecular weight is 2120 g/mol. The summed E-state index contributed by atoms with van der Waals surface area (Å²) in [7, 11) is -3.52. The topological polar surface area (TPSA) is 560 Å². The van der Waals surface area contributed by atoms with Crippen LogP contribution in [-0.2, 0) is 62.4 Å². The lowest BCUT2D eigenvalue weighted by Gasteiger charge is -2.20. The number of halogens is 4. The van der Waals surface area contributed by atoms with Gasteiger partial charge in [0.05, 0.1) is 98.0 Å². The van der Waals surface area contributed by atoms with E-state index in [1.54, 1.807) is 178 Å². The van der Waals surface area contributed by atoms with Gasteiger partial charge in [-0.1, -0.05) is 67.2 Å². The molecule has 45 nitrogen and oxygen atoms in total. The number of methoxy groups -OCH3 is 8. The van der Waals surface area contributed by atoms with Crippen molar-refractivity contribution in [2.75, 3.05) is 56.9 Å². The number of hydrogen-bond donors (Lipinski definition) is 1. The number of aromatic nitrogens is 28. The van der Waals surface area contributed by atoms with Gasteiger partial charge in [-0.15, -0.1) is 40.8 Å². The maximum Gasteiger partial charge on any atom is 0.242 e. The van der Waals surface area contributed by atoms with Gasteiger partial charge in [-0.05, 0) is 76.2 Å². The average Bonchev–Trinajstić information content (AvgIpc) is 1.60. The van der Waals surface area contributed by atoms with Crippen molar-refractivity contribution < 1.29 is 76.7 Å². The van der Waals surface area contributed by atoms with Crippen molar-refractivity contribution in [2.24, 2.45) is 0 Å². The van der Waals surface area contributed by atoms with Gasteiger partial charge >= 0.3 is 0 Å². The summed E-state index contributed by atoms with van der Waals surface area (Å²) in [4.78, 5) is 66.6. The maximum atomic E-state index is 13.6. The van der Waals surface area contributed by atoms with E-state index in [9.17, 15) is 38.8 Å². The first-order valence-corrected chi connectivity index (χ1v) is 51.6. The molecule has 0 saturated carbocycles. The van der Waals surface area contributed by atoms with E-state index in [1.165, 1.54) is 143 Å². The van der Waals surface area contributed by atoms with Crippen LogP contribution in [0.15, 0.2) is 197 Å². The zero-order valence-corrected chi connectivity index (χ0v) is 85.9. The van der Waals surface area contributed by atoms with Crippen molar-refractivity contribution in [1.29, 1.82) is 0 Å². The monoisotopic (exact) mass is 2120 g/mol. The zero-order chi connectivity index (χ0) is 103. The Morgan fingerprint density at radius 3 is 0.674 bits per heavy atom. The van der Waals surface area contributed by atoms with E-state index in [-0.39, 0.29) is 57.7 Å². The van der Waals surface area contributed by atoms with E-state index >= 15 is 0 Å². The minimum Gasteiger partial charge on any atom is -0.494 e. The fourth-order valence-corrected chi connectivity index (χ4v) is 20.8. The standard InChI is InChI=1S/3C23H24ClN7O4S.C22H22ClN7O5S/c3*1-14(21-27-11-17(24)12-28-21)15(2)36(32,33)13-19-29-30-22(16-6-5-8-25-10-16)31(19)20-18(34-3)7-9-26-23(20)35-4;1-13(19(31)20-26-10-15(23)11-27-20)36(32,33)12-17-28-29-21(14-5-4-7-24-9-14)30(17)18-16(34-2)6-8-25-22(18)35-3/h3*5-12,14-15H,13H2,1-4H3;4-11,13,19,31H,12H2,1-3H3/t3*14-,15-;13-,19-/m1001/s1. The lowest BCUT2D eigenvalue weighted by atomic mass is 10.1. The van der Waals surface area contributed by atoms with Gasteiger partial charge in [-0.25, -0.2) is 93.5 Å². The first-order chi connectivity index (χ1) is 69.0. The van der Waals surface area contributed by atoms with Crippen LogP contribution in [-0.4, -0.2) is 255 Å². The molecular formula is C91H94Cl4N28O17S4. The van der Waals surface area contributed by atoms with Gasteiger partial charge in [0.2, 0.25) is 23.5 Å². The molecule has 144 heavy (non-hydrogen) atoms. The third kappa shape index (κ3) is 24.3. The predicted molar refractivity (Wildman–Crippen MR) is 529 cm³/mol. The highest BCUT2D eigenvalue weighted by molar-refractivity contribution is 7.92. The Bertz CT molecular complexity index is 6590. The SMILES string of the molecule is COc1ccnc(OC)c1-n1c(CS(=O)(=O)[C@@H](C)[C@H](C)c2ncc(Cl)cn2)nnc1-c1cccnc1.COc1ccnc(OC)c1-n1c(CS(=O)(=O)[C@@H](C)[C@H](C)c2ncc(Cl)cn2)nnc1-c1cccnc1.COc1ccnc(OC)c1-n1c(CS(=O)(=O)[C@H](C)[C@@H](C)c2ncc(Cl)cn2)nnc1-c1cccnc1.COc1ccnc(OC)c1-n1c(CS(=O)(=O)[C@H](C)[C@@H](O)c2ncc(Cl)cn2)nnc1-c1cccnc1. The summed E-state index contributed by atoms with van der Waals surface area (Å²) in [5.41, 5.74) is 3.87. The lowest BCUT2D eigenvalue weighted by molar-refractivity contribution is 0.166. The molecule has 53 heteroatoms. The smallest absolute Gasteiger partial charge is 0.242 e. The van der Waals surface area contributed by atoms with Gasteiger partial charge in [-0.2, -0.15) is 0 Å². The lowest BCUT2D eigenvalue weighted by Crippen LogP contribution is -2.29. The summed E-state index contributed by atoms with van der Waals surface area (Å²) in [6.45, 7) is 11.5. The van der Waals surface area contributed by atoms with Crippen molar-refractivity contribution in [3.8, 4) is 115 Å². The number of aliphatic hydroxyl groups excluding tert-OH is 1. The van der Waals surface area contributed by atoms with Crippen LogP contribution in [0.2, 0.25) is 20.1 Å². The summed E-state index contributed by atoms with van der Waals surface area (Å²) in [5, 5.41) is 42.3. The van der Waals surface area contributed by atoms with E-state index < -0.39 is 107 Å². The predicted octanol–water partition coefficient (Wildman–Crippen LogP) is 12.1. The highest BCUT2D eigenvalue weighted by Gasteiger charge is 2.40. The second-order valence-electron chi connectivity index (χ2n) is 31.5. The van der Waals surface area contributed by atoms with Crippen LogP contribution in [0.1, 0.15) is 119 Å². The Labute approximate surface area is 846 Å². The molecule has 0 aliphatic rings. The van der Waals surface area contributed by atoms with Crippen molar-refractivity contribution >= 4 is 85.8 Å². The fraction of sp³-hybridized carbons (Fsp3) is 0.297. The van der Waals surface area contributed by atoms with E-state index in [0.29, 0.717) is 124 Å². The number of rotatable bonds is 36. The minimum atomic E-state index is -4.01. The molecule has 0 spiro atoms. The first-order valence-electron chi connectivity index (χ1n) is 43.2. The third-order valence-corrected chi connectivity index (χ3v) is 32.2.